The standard InChI is InChI=1S/C24H33N7O3/c1-24(2,3)34-23(33)29-17-9-5-4-8-16(17)27-20-13-18(21(22(25)32)31-30-20)28-19-12-11-14-7-6-10-15(14)26-19/h11-13,16-17H,4-10H2,1-3H3,(H2,25,32)(H,29,33)(H2,26,27,28,30). The van der Waals surface area contributed by atoms with Crippen molar-refractivity contribution in [3.05, 3.63) is 35.2 Å². The number of aromatic nitrogens is 3. The van der Waals surface area contributed by atoms with Crippen molar-refractivity contribution in [1.82, 2.24) is 20.5 Å². The molecule has 2 heterocycles. The third-order valence-corrected chi connectivity index (χ3v) is 6.02. The zero-order valence-electron chi connectivity index (χ0n) is 20.0. The first-order valence-electron chi connectivity index (χ1n) is 11.9. The minimum absolute atomic E-state index is 0.0416. The van der Waals surface area contributed by atoms with E-state index < -0.39 is 17.6 Å². The normalized spacial score (nSPS) is 19.7. The third-order valence-electron chi connectivity index (χ3n) is 6.02. The lowest BCUT2D eigenvalue weighted by Crippen LogP contribution is -2.49. The summed E-state index contributed by atoms with van der Waals surface area (Å²) in [6.07, 6.45) is 6.38. The number of fused-ring (bicyclic) bond motifs is 1. The van der Waals surface area contributed by atoms with Crippen molar-refractivity contribution in [2.24, 2.45) is 5.73 Å². The molecule has 1 saturated carbocycles. The van der Waals surface area contributed by atoms with Gasteiger partial charge in [-0.1, -0.05) is 18.9 Å². The van der Waals surface area contributed by atoms with E-state index in [1.807, 2.05) is 26.8 Å². The maximum absolute atomic E-state index is 12.3. The van der Waals surface area contributed by atoms with Crippen LogP contribution in [0.25, 0.3) is 0 Å². The number of pyridine rings is 1. The van der Waals surface area contributed by atoms with Gasteiger partial charge in [-0.05, 0) is 64.5 Å². The highest BCUT2D eigenvalue weighted by Gasteiger charge is 2.29. The zero-order chi connectivity index (χ0) is 24.3. The number of nitrogens with zero attached hydrogens (tertiary/aromatic N) is 3. The molecule has 2 aliphatic carbocycles. The van der Waals surface area contributed by atoms with Crippen molar-refractivity contribution >= 4 is 29.3 Å². The molecule has 0 bridgehead atoms. The van der Waals surface area contributed by atoms with E-state index in [4.69, 9.17) is 10.5 Å². The first-order chi connectivity index (χ1) is 16.2. The van der Waals surface area contributed by atoms with E-state index in [0.717, 1.165) is 50.6 Å². The van der Waals surface area contributed by atoms with Gasteiger partial charge in [0.15, 0.2) is 11.5 Å². The molecule has 10 nitrogen and oxygen atoms in total. The Morgan fingerprint density at radius 3 is 2.53 bits per heavy atom. The Hall–Kier alpha value is -3.43. The summed E-state index contributed by atoms with van der Waals surface area (Å²) in [6.45, 7) is 5.51. The minimum atomic E-state index is -0.676. The highest BCUT2D eigenvalue weighted by molar-refractivity contribution is 5.97. The third kappa shape index (κ3) is 5.92. The van der Waals surface area contributed by atoms with Gasteiger partial charge in [0, 0.05) is 17.8 Å². The van der Waals surface area contributed by atoms with Crippen molar-refractivity contribution in [1.29, 1.82) is 0 Å². The van der Waals surface area contributed by atoms with Crippen LogP contribution >= 0.6 is 0 Å². The van der Waals surface area contributed by atoms with Gasteiger partial charge in [0.2, 0.25) is 0 Å². The van der Waals surface area contributed by atoms with E-state index in [0.29, 0.717) is 17.3 Å². The van der Waals surface area contributed by atoms with Crippen LogP contribution < -0.4 is 21.7 Å². The van der Waals surface area contributed by atoms with Crippen LogP contribution in [0.4, 0.5) is 22.1 Å². The summed E-state index contributed by atoms with van der Waals surface area (Å²) in [7, 11) is 0. The molecule has 0 spiro atoms. The molecular formula is C24H33N7O3. The fourth-order valence-electron chi connectivity index (χ4n) is 4.49. The van der Waals surface area contributed by atoms with Crippen molar-refractivity contribution in [3.63, 3.8) is 0 Å². The maximum Gasteiger partial charge on any atom is 0.407 e. The molecule has 4 rings (SSSR count). The maximum atomic E-state index is 12.3. The van der Waals surface area contributed by atoms with Crippen LogP contribution in [0, 0.1) is 0 Å². The number of alkyl carbamates (subject to hydrolysis) is 1. The van der Waals surface area contributed by atoms with E-state index in [9.17, 15) is 9.59 Å². The Balaban J connectivity index is 1.51. The lowest BCUT2D eigenvalue weighted by molar-refractivity contribution is 0.0488. The number of nitrogens with two attached hydrogens (primary N) is 1. The Kier molecular flexibility index (Phi) is 6.85. The number of hydrogen-bond acceptors (Lipinski definition) is 8. The molecule has 2 aromatic heterocycles. The second kappa shape index (κ2) is 9.82. The van der Waals surface area contributed by atoms with Crippen LogP contribution in [0.3, 0.4) is 0 Å². The first-order valence-corrected chi connectivity index (χ1v) is 11.9. The van der Waals surface area contributed by atoms with E-state index in [1.54, 1.807) is 6.07 Å². The Morgan fingerprint density at radius 2 is 1.79 bits per heavy atom. The monoisotopic (exact) mass is 467 g/mol. The molecule has 0 radical (unpaired) electrons. The van der Waals surface area contributed by atoms with Gasteiger partial charge < -0.3 is 26.4 Å². The molecule has 2 aliphatic rings. The van der Waals surface area contributed by atoms with Gasteiger partial charge in [0.1, 0.15) is 11.4 Å². The van der Waals surface area contributed by atoms with E-state index in [1.165, 1.54) is 5.56 Å². The van der Waals surface area contributed by atoms with Crippen molar-refractivity contribution in [2.75, 3.05) is 10.6 Å². The minimum Gasteiger partial charge on any atom is -0.444 e. The van der Waals surface area contributed by atoms with Crippen LogP contribution in [0.1, 0.15) is 74.6 Å². The van der Waals surface area contributed by atoms with Crippen LogP contribution in [0.2, 0.25) is 0 Å². The SMILES string of the molecule is CC(C)(C)OC(=O)NC1CCCCC1Nc1cc(Nc2ccc3c(n2)CCC3)c(C(N)=O)nn1. The number of aryl methyl sites for hydroxylation is 2. The molecule has 34 heavy (non-hydrogen) atoms. The van der Waals surface area contributed by atoms with Gasteiger partial charge in [-0.3, -0.25) is 4.79 Å². The number of nitrogens with one attached hydrogen (secondary N) is 3. The first kappa shape index (κ1) is 23.7. The number of carbonyl (C=O) groups excluding carboxylic acids is 2. The smallest absolute Gasteiger partial charge is 0.407 e. The summed E-state index contributed by atoms with van der Waals surface area (Å²) in [5.74, 6) is 0.436. The molecule has 0 aromatic carbocycles. The fraction of sp³-hybridized carbons (Fsp3) is 0.542. The molecule has 1 fully saturated rings. The second-order valence-electron chi connectivity index (χ2n) is 9.92. The van der Waals surface area contributed by atoms with Crippen LogP contribution in [0.5, 0.6) is 0 Å². The molecule has 5 N–H and O–H groups in total. The Bertz CT molecular complexity index is 1070. The number of amides is 2. The summed E-state index contributed by atoms with van der Waals surface area (Å²) >= 11 is 0. The van der Waals surface area contributed by atoms with Crippen LogP contribution in [-0.4, -0.2) is 44.9 Å². The summed E-state index contributed by atoms with van der Waals surface area (Å²) in [6, 6.07) is 5.49. The van der Waals surface area contributed by atoms with Gasteiger partial charge in [-0.2, -0.15) is 0 Å². The predicted octanol–water partition coefficient (Wildman–Crippen LogP) is 3.45. The molecule has 0 aliphatic heterocycles. The molecule has 2 unspecified atom stereocenters. The van der Waals surface area contributed by atoms with Gasteiger partial charge >= 0.3 is 6.09 Å². The number of ether oxygens (including phenoxy) is 1. The molecule has 2 aromatic rings. The summed E-state index contributed by atoms with van der Waals surface area (Å²) in [4.78, 5) is 29.0. The Morgan fingerprint density at radius 1 is 1.03 bits per heavy atom. The number of anilines is 3. The zero-order valence-corrected chi connectivity index (χ0v) is 20.0. The summed E-state index contributed by atoms with van der Waals surface area (Å²) in [5, 5.41) is 17.8. The average molecular weight is 468 g/mol. The number of hydrogen-bond donors (Lipinski definition) is 4. The molecular weight excluding hydrogens is 434 g/mol. The quantitative estimate of drug-likeness (QED) is 0.506. The van der Waals surface area contributed by atoms with Gasteiger partial charge in [-0.15, -0.1) is 10.2 Å². The van der Waals surface area contributed by atoms with Crippen LogP contribution in [0.15, 0.2) is 18.2 Å². The molecule has 2 atom stereocenters. The van der Waals surface area contributed by atoms with Crippen molar-refractivity contribution in [2.45, 2.75) is 83.4 Å². The van der Waals surface area contributed by atoms with Crippen LogP contribution in [-0.2, 0) is 17.6 Å². The lowest BCUT2D eigenvalue weighted by atomic mass is 9.90. The molecule has 10 heteroatoms. The summed E-state index contributed by atoms with van der Waals surface area (Å²) in [5.41, 5.74) is 7.78. The Labute approximate surface area is 199 Å². The lowest BCUT2D eigenvalue weighted by Gasteiger charge is -2.33. The van der Waals surface area contributed by atoms with Crippen molar-refractivity contribution < 1.29 is 14.3 Å². The average Bonchev–Trinajstić information content (AvgIpc) is 3.22. The molecule has 182 valence electrons. The van der Waals surface area contributed by atoms with Gasteiger partial charge in [0.05, 0.1) is 11.7 Å². The second-order valence-corrected chi connectivity index (χ2v) is 9.92. The van der Waals surface area contributed by atoms with Gasteiger partial charge in [0.25, 0.3) is 5.91 Å². The van der Waals surface area contributed by atoms with E-state index >= 15 is 0 Å². The largest absolute Gasteiger partial charge is 0.444 e. The topological polar surface area (TPSA) is 144 Å². The van der Waals surface area contributed by atoms with Gasteiger partial charge in [-0.25, -0.2) is 9.78 Å². The fourth-order valence-corrected chi connectivity index (χ4v) is 4.49. The highest BCUT2D eigenvalue weighted by Crippen LogP contribution is 2.27. The van der Waals surface area contributed by atoms with Crippen molar-refractivity contribution in [3.8, 4) is 0 Å². The molecule has 2 amide bonds. The summed E-state index contributed by atoms with van der Waals surface area (Å²) < 4.78 is 5.42. The highest BCUT2D eigenvalue weighted by atomic mass is 16.6. The number of carbonyl (C=O) groups is 2. The number of primary amides is 1. The molecule has 0 saturated heterocycles. The number of rotatable bonds is 6. The van der Waals surface area contributed by atoms with E-state index in [2.05, 4.69) is 37.2 Å². The van der Waals surface area contributed by atoms with E-state index in [-0.39, 0.29) is 17.8 Å². The predicted molar refractivity (Wildman–Crippen MR) is 129 cm³/mol.